The summed E-state index contributed by atoms with van der Waals surface area (Å²) in [6.07, 6.45) is 9.61. The third-order valence-electron chi connectivity index (χ3n) is 6.82. The van der Waals surface area contributed by atoms with Gasteiger partial charge in [-0.15, -0.1) is 11.3 Å². The Bertz CT molecular complexity index is 1790. The van der Waals surface area contributed by atoms with Crippen LogP contribution in [0.3, 0.4) is 0 Å². The van der Waals surface area contributed by atoms with Crippen molar-refractivity contribution in [2.24, 2.45) is 0 Å². The van der Waals surface area contributed by atoms with Gasteiger partial charge in [0.1, 0.15) is 39.2 Å². The van der Waals surface area contributed by atoms with Gasteiger partial charge in [0.2, 0.25) is 0 Å². The van der Waals surface area contributed by atoms with E-state index >= 15 is 0 Å². The maximum Gasteiger partial charge on any atom is 0.147 e. The molecule has 1 aliphatic carbocycles. The Balaban J connectivity index is 1.21. The van der Waals surface area contributed by atoms with Gasteiger partial charge in [0.15, 0.2) is 0 Å². The Kier molecular flexibility index (Phi) is 7.43. The van der Waals surface area contributed by atoms with Gasteiger partial charge >= 0.3 is 0 Å². The number of pyridine rings is 1. The molecule has 1 aliphatic rings. The molecule has 4 aromatic heterocycles. The van der Waals surface area contributed by atoms with Gasteiger partial charge in [0.25, 0.3) is 0 Å². The summed E-state index contributed by atoms with van der Waals surface area (Å²) < 4.78 is 30.8. The van der Waals surface area contributed by atoms with Crippen molar-refractivity contribution >= 4 is 54.5 Å². The molecule has 0 fully saturated rings. The van der Waals surface area contributed by atoms with Crippen LogP contribution in [0.1, 0.15) is 29.8 Å². The lowest BCUT2D eigenvalue weighted by molar-refractivity contribution is 0.301. The number of unbranched alkanes of at least 4 members (excludes halogenated alkanes) is 1. The summed E-state index contributed by atoms with van der Waals surface area (Å²) in [6.45, 7) is 1.04. The molecule has 0 spiro atoms. The van der Waals surface area contributed by atoms with Crippen molar-refractivity contribution in [3.8, 4) is 16.2 Å². The van der Waals surface area contributed by atoms with Crippen LogP contribution < -0.4 is 10.1 Å². The van der Waals surface area contributed by atoms with Gasteiger partial charge in [-0.25, -0.2) is 18.4 Å². The molecule has 0 unspecified atom stereocenters. The number of anilines is 2. The topological polar surface area (TPSA) is 112 Å². The normalized spacial score (nSPS) is 12.8. The fourth-order valence-electron chi connectivity index (χ4n) is 4.94. The van der Waals surface area contributed by atoms with Crippen molar-refractivity contribution in [1.82, 2.24) is 24.7 Å². The van der Waals surface area contributed by atoms with Crippen molar-refractivity contribution < 1.29 is 13.2 Å². The van der Waals surface area contributed by atoms with Gasteiger partial charge < -0.3 is 10.1 Å². The Hall–Kier alpha value is -3.54. The molecule has 5 aromatic rings. The Labute approximate surface area is 241 Å². The third-order valence-corrected chi connectivity index (χ3v) is 9.32. The van der Waals surface area contributed by atoms with E-state index in [4.69, 9.17) is 16.3 Å². The maximum absolute atomic E-state index is 11.4. The van der Waals surface area contributed by atoms with E-state index in [-0.39, 0.29) is 5.75 Å². The van der Waals surface area contributed by atoms with Crippen LogP contribution in [0.5, 0.6) is 5.75 Å². The largest absolute Gasteiger partial charge is 0.486 e. The molecule has 0 atom stereocenters. The number of aromatic nitrogens is 5. The first kappa shape index (κ1) is 26.7. The molecule has 40 heavy (non-hydrogen) atoms. The number of ether oxygens (including phenoxy) is 1. The molecule has 12 heteroatoms. The molecule has 1 N–H and O–H groups in total. The van der Waals surface area contributed by atoms with Gasteiger partial charge in [0, 0.05) is 46.6 Å². The molecule has 206 valence electrons. The van der Waals surface area contributed by atoms with Crippen LogP contribution in [0.4, 0.5) is 11.5 Å². The van der Waals surface area contributed by atoms with Crippen molar-refractivity contribution in [3.63, 3.8) is 0 Å². The van der Waals surface area contributed by atoms with Crippen LogP contribution in [0.2, 0.25) is 5.02 Å². The van der Waals surface area contributed by atoms with Crippen molar-refractivity contribution in [3.05, 3.63) is 77.1 Å². The predicted molar refractivity (Wildman–Crippen MR) is 158 cm³/mol. The number of aryl methyl sites for hydroxylation is 2. The quantitative estimate of drug-likeness (QED) is 0.200. The summed E-state index contributed by atoms with van der Waals surface area (Å²) in [7, 11) is -2.94. The van der Waals surface area contributed by atoms with E-state index in [0.29, 0.717) is 30.3 Å². The number of hydrogen-bond donors (Lipinski definition) is 1. The van der Waals surface area contributed by atoms with Gasteiger partial charge in [-0.2, -0.15) is 5.10 Å². The Morgan fingerprint density at radius 2 is 2.02 bits per heavy atom. The number of nitrogens with one attached hydrogen (secondary N) is 1. The van der Waals surface area contributed by atoms with Crippen LogP contribution in [0.25, 0.3) is 20.7 Å². The number of halogens is 1. The second-order valence-electron chi connectivity index (χ2n) is 9.76. The van der Waals surface area contributed by atoms with Crippen molar-refractivity contribution in [2.75, 3.05) is 17.3 Å². The Morgan fingerprint density at radius 3 is 2.83 bits per heavy atom. The Morgan fingerprint density at radius 1 is 1.12 bits per heavy atom. The lowest BCUT2D eigenvalue weighted by atomic mass is 9.95. The highest BCUT2D eigenvalue weighted by atomic mass is 35.5. The molecule has 4 heterocycles. The van der Waals surface area contributed by atoms with Crippen LogP contribution in [-0.4, -0.2) is 45.2 Å². The fourth-order valence-corrected chi connectivity index (χ4v) is 7.12. The molecule has 0 bridgehead atoms. The third kappa shape index (κ3) is 5.67. The molecular formula is C28H27ClN6O3S2. The number of rotatable bonds is 10. The standard InChI is InChI=1S/C28H27ClN6O3S2/c1-40(36,37)13-5-4-12-35-23-9-8-20-25-27(31-17-32-28(25)39-26(20)21(23)15-33-35)34-18-7-10-24(22(29)14-18)38-16-19-6-2-3-11-30-19/h2-3,6-7,10-11,14-15,17H,4-5,8-9,12-13,16H2,1H3,(H,31,32,34). The van der Waals surface area contributed by atoms with Crippen molar-refractivity contribution in [2.45, 2.75) is 38.8 Å². The summed E-state index contributed by atoms with van der Waals surface area (Å²) in [5.74, 6) is 1.52. The van der Waals surface area contributed by atoms with Gasteiger partial charge in [-0.05, 0) is 61.6 Å². The SMILES string of the molecule is CS(=O)(=O)CCCCn1ncc2c1CCc1c-2sc2ncnc(Nc3ccc(OCc4ccccn4)c(Cl)c3)c12. The highest BCUT2D eigenvalue weighted by Gasteiger charge is 2.27. The van der Waals surface area contributed by atoms with Crippen LogP contribution in [0, 0.1) is 0 Å². The molecule has 0 saturated carbocycles. The molecule has 0 amide bonds. The van der Waals surface area contributed by atoms with Gasteiger partial charge in [0.05, 0.1) is 22.3 Å². The van der Waals surface area contributed by atoms with E-state index < -0.39 is 9.84 Å². The van der Waals surface area contributed by atoms with E-state index in [2.05, 4.69) is 25.4 Å². The van der Waals surface area contributed by atoms with Gasteiger partial charge in [-0.1, -0.05) is 17.7 Å². The molecular weight excluding hydrogens is 568 g/mol. The van der Waals surface area contributed by atoms with Crippen LogP contribution >= 0.6 is 22.9 Å². The lowest BCUT2D eigenvalue weighted by Gasteiger charge is -2.16. The first-order valence-electron chi connectivity index (χ1n) is 12.9. The highest BCUT2D eigenvalue weighted by Crippen LogP contribution is 2.45. The van der Waals surface area contributed by atoms with E-state index in [1.54, 1.807) is 23.9 Å². The van der Waals surface area contributed by atoms with Gasteiger partial charge in [-0.3, -0.25) is 9.67 Å². The number of thiophene rings is 1. The number of benzene rings is 1. The molecule has 0 aliphatic heterocycles. The second kappa shape index (κ2) is 11.1. The van der Waals surface area contributed by atoms with E-state index in [1.807, 2.05) is 47.3 Å². The first-order chi connectivity index (χ1) is 19.4. The number of hydrogen-bond acceptors (Lipinski definition) is 9. The predicted octanol–water partition coefficient (Wildman–Crippen LogP) is 5.85. The number of fused-ring (bicyclic) bond motifs is 5. The highest BCUT2D eigenvalue weighted by molar-refractivity contribution is 7.90. The summed E-state index contributed by atoms with van der Waals surface area (Å²) in [4.78, 5) is 15.5. The summed E-state index contributed by atoms with van der Waals surface area (Å²) >= 11 is 8.19. The zero-order chi connectivity index (χ0) is 27.7. The summed E-state index contributed by atoms with van der Waals surface area (Å²) in [5, 5.41) is 9.58. The van der Waals surface area contributed by atoms with E-state index in [0.717, 1.165) is 52.2 Å². The zero-order valence-electron chi connectivity index (χ0n) is 21.8. The minimum Gasteiger partial charge on any atom is -0.486 e. The lowest BCUT2D eigenvalue weighted by Crippen LogP contribution is -2.11. The monoisotopic (exact) mass is 594 g/mol. The number of nitrogens with zero attached hydrogens (tertiary/aromatic N) is 5. The smallest absolute Gasteiger partial charge is 0.147 e. The van der Waals surface area contributed by atoms with Crippen molar-refractivity contribution in [1.29, 1.82) is 0 Å². The summed E-state index contributed by atoms with van der Waals surface area (Å²) in [5.41, 5.74) is 5.15. The molecule has 6 rings (SSSR count). The van der Waals surface area contributed by atoms with E-state index in [9.17, 15) is 8.42 Å². The zero-order valence-corrected chi connectivity index (χ0v) is 24.2. The molecule has 0 radical (unpaired) electrons. The molecule has 9 nitrogen and oxygen atoms in total. The average Bonchev–Trinajstić information content (AvgIpc) is 3.52. The minimum atomic E-state index is -2.94. The minimum absolute atomic E-state index is 0.206. The molecule has 1 aromatic carbocycles. The fraction of sp³-hybridized carbons (Fsp3) is 0.286. The van der Waals surface area contributed by atoms with Crippen LogP contribution in [0.15, 0.2) is 55.1 Å². The number of sulfone groups is 1. The summed E-state index contributed by atoms with van der Waals surface area (Å²) in [6, 6.07) is 11.3. The molecule has 0 saturated heterocycles. The average molecular weight is 595 g/mol. The van der Waals surface area contributed by atoms with Crippen LogP contribution in [-0.2, 0) is 35.8 Å². The second-order valence-corrected chi connectivity index (χ2v) is 13.4. The maximum atomic E-state index is 11.4. The first-order valence-corrected chi connectivity index (χ1v) is 16.2. The van der Waals surface area contributed by atoms with E-state index in [1.165, 1.54) is 22.4 Å².